The van der Waals surface area contributed by atoms with Gasteiger partial charge in [0.2, 0.25) is 10.6 Å². The molecule has 0 amide bonds. The molecule has 3 heterocycles. The van der Waals surface area contributed by atoms with Crippen LogP contribution in [0.5, 0.6) is 0 Å². The molecule has 1 aliphatic heterocycles. The van der Waals surface area contributed by atoms with Crippen LogP contribution in [0.2, 0.25) is 5.28 Å². The predicted octanol–water partition coefficient (Wildman–Crippen LogP) is 0.0916. The van der Waals surface area contributed by atoms with Crippen LogP contribution in [0.15, 0.2) is 6.20 Å². The molecule has 18 heteroatoms. The largest absolute Gasteiger partial charge is 0.480 e. The predicted molar refractivity (Wildman–Crippen MR) is 133 cm³/mol. The summed E-state index contributed by atoms with van der Waals surface area (Å²) in [4.78, 5) is 39.2. The van der Waals surface area contributed by atoms with Crippen molar-refractivity contribution in [3.8, 4) is 0 Å². The summed E-state index contributed by atoms with van der Waals surface area (Å²) in [5.74, 6) is -0.882. The molecule has 218 valence electrons. The summed E-state index contributed by atoms with van der Waals surface area (Å²) in [5.41, 5.74) is 0.235. The monoisotopic (exact) mass is 595 g/mol. The number of aromatic nitrogens is 4. The van der Waals surface area contributed by atoms with E-state index in [-0.39, 0.29) is 17.0 Å². The van der Waals surface area contributed by atoms with Crippen molar-refractivity contribution in [2.75, 3.05) is 38.9 Å². The van der Waals surface area contributed by atoms with Crippen molar-refractivity contribution in [1.29, 1.82) is 0 Å². The zero-order chi connectivity index (χ0) is 28.4. The van der Waals surface area contributed by atoms with Gasteiger partial charge < -0.3 is 49.4 Å². The molecular formula is C21H31ClN5O11P. The summed E-state index contributed by atoms with van der Waals surface area (Å²) in [7, 11) is -3.95. The third-order valence-electron chi connectivity index (χ3n) is 6.67. The number of rotatable bonds is 13. The van der Waals surface area contributed by atoms with Gasteiger partial charge in [-0.1, -0.05) is 12.8 Å². The number of anilines is 1. The number of carbonyl (C=O) groups is 1. The minimum absolute atomic E-state index is 0.0648. The van der Waals surface area contributed by atoms with Crippen LogP contribution < -0.4 is 5.32 Å². The van der Waals surface area contributed by atoms with Crippen LogP contribution in [-0.4, -0.2) is 114 Å². The molecule has 16 nitrogen and oxygen atoms in total. The van der Waals surface area contributed by atoms with Gasteiger partial charge in [-0.05, 0) is 24.4 Å². The number of aliphatic hydroxyl groups excluding tert-OH is 2. The molecule has 2 fully saturated rings. The van der Waals surface area contributed by atoms with Crippen molar-refractivity contribution in [3.05, 3.63) is 11.5 Å². The van der Waals surface area contributed by atoms with E-state index in [1.807, 2.05) is 0 Å². The molecule has 5 atom stereocenters. The SMILES string of the molecule is COCC(COCC(=O)O)(OC[C@H]1O[C@@H](n2ncc3c(NC4CCCC4)nc(Cl)nc32)[C@H](O)[C@@H]1O)P(=O)(O)O. The van der Waals surface area contributed by atoms with Crippen LogP contribution in [0, 0.1) is 0 Å². The van der Waals surface area contributed by atoms with E-state index in [2.05, 4.69) is 20.4 Å². The highest BCUT2D eigenvalue weighted by Crippen LogP contribution is 2.52. The van der Waals surface area contributed by atoms with Gasteiger partial charge in [-0.15, -0.1) is 0 Å². The molecular weight excluding hydrogens is 565 g/mol. The molecule has 39 heavy (non-hydrogen) atoms. The Morgan fingerprint density at radius 1 is 1.26 bits per heavy atom. The number of carboxylic acids is 1. The second-order valence-corrected chi connectivity index (χ2v) is 11.7. The van der Waals surface area contributed by atoms with E-state index in [0.29, 0.717) is 11.2 Å². The Morgan fingerprint density at radius 2 is 1.97 bits per heavy atom. The second-order valence-electron chi connectivity index (χ2n) is 9.46. The number of aliphatic carboxylic acids is 1. The van der Waals surface area contributed by atoms with Gasteiger partial charge in [-0.2, -0.15) is 15.1 Å². The first kappa shape index (κ1) is 30.0. The minimum Gasteiger partial charge on any atom is -0.480 e. The summed E-state index contributed by atoms with van der Waals surface area (Å²) in [5, 5.41) is 35.9. The number of halogens is 1. The first-order valence-electron chi connectivity index (χ1n) is 12.1. The van der Waals surface area contributed by atoms with Gasteiger partial charge in [0.15, 0.2) is 11.9 Å². The number of hydrogen-bond donors (Lipinski definition) is 6. The molecule has 2 aromatic rings. The van der Waals surface area contributed by atoms with Gasteiger partial charge >= 0.3 is 13.6 Å². The van der Waals surface area contributed by atoms with Crippen molar-refractivity contribution >= 4 is 42.0 Å². The first-order valence-corrected chi connectivity index (χ1v) is 14.1. The van der Waals surface area contributed by atoms with Crippen LogP contribution in [0.3, 0.4) is 0 Å². The maximum Gasteiger partial charge on any atom is 0.361 e. The lowest BCUT2D eigenvalue weighted by atomic mass is 10.1. The topological polar surface area (TPSA) is 228 Å². The lowest BCUT2D eigenvalue weighted by Crippen LogP contribution is -2.46. The second kappa shape index (κ2) is 12.3. The normalized spacial score (nSPS) is 25.8. The average molecular weight is 596 g/mol. The van der Waals surface area contributed by atoms with Crippen LogP contribution in [-0.2, 0) is 28.3 Å². The molecule has 1 unspecified atom stereocenters. The van der Waals surface area contributed by atoms with E-state index in [1.165, 1.54) is 10.9 Å². The Balaban J connectivity index is 1.53. The Kier molecular flexibility index (Phi) is 9.43. The van der Waals surface area contributed by atoms with E-state index >= 15 is 0 Å². The molecule has 1 aliphatic carbocycles. The summed E-state index contributed by atoms with van der Waals surface area (Å²) in [6.07, 6.45) is 0.0186. The number of carboxylic acid groups (broad SMARTS) is 1. The zero-order valence-corrected chi connectivity index (χ0v) is 22.6. The minimum atomic E-state index is -5.12. The van der Waals surface area contributed by atoms with Gasteiger partial charge in [0.05, 0.1) is 31.4 Å². The number of hydrogen-bond acceptors (Lipinski definition) is 12. The standard InChI is InChI=1S/C21H31ClN5O11P/c1-35-9-21(39(32,33)34,10-36-8-14(28)29)37-7-13-15(30)16(31)19(38-13)27-18-12(6-23-27)17(25-20(22)26-18)24-11-4-2-3-5-11/h6,11,13,15-16,19,30-31H,2-5,7-10H2,1H3,(H,28,29)(H,24,25,26)(H2,32,33,34)/t13-,15-,16-,19-,21?/m1/s1. The van der Waals surface area contributed by atoms with E-state index in [9.17, 15) is 29.4 Å². The molecule has 1 saturated carbocycles. The quantitative estimate of drug-likeness (QED) is 0.133. The van der Waals surface area contributed by atoms with Crippen molar-refractivity contribution in [1.82, 2.24) is 19.7 Å². The maximum absolute atomic E-state index is 12.3. The highest BCUT2D eigenvalue weighted by atomic mass is 35.5. The summed E-state index contributed by atoms with van der Waals surface area (Å²) in [6, 6.07) is 0.222. The summed E-state index contributed by atoms with van der Waals surface area (Å²) < 4.78 is 34.7. The number of nitrogens with zero attached hydrogens (tertiary/aromatic N) is 4. The number of fused-ring (bicyclic) bond motifs is 1. The van der Waals surface area contributed by atoms with Crippen LogP contribution in [0.1, 0.15) is 31.9 Å². The molecule has 1 saturated heterocycles. The smallest absolute Gasteiger partial charge is 0.361 e. The van der Waals surface area contributed by atoms with E-state index in [0.717, 1.165) is 32.8 Å². The lowest BCUT2D eigenvalue weighted by molar-refractivity contribution is -0.151. The van der Waals surface area contributed by atoms with Gasteiger partial charge in [0.25, 0.3) is 0 Å². The zero-order valence-electron chi connectivity index (χ0n) is 20.9. The number of nitrogens with one attached hydrogen (secondary N) is 1. The summed E-state index contributed by atoms with van der Waals surface area (Å²) >= 11 is 6.16. The molecule has 0 spiro atoms. The Labute approximate surface area is 227 Å². The molecule has 6 N–H and O–H groups in total. The van der Waals surface area contributed by atoms with Crippen molar-refractivity contribution in [2.24, 2.45) is 0 Å². The van der Waals surface area contributed by atoms with Crippen molar-refractivity contribution < 1.29 is 53.4 Å². The third-order valence-corrected chi connectivity index (χ3v) is 8.29. The lowest BCUT2D eigenvalue weighted by Gasteiger charge is -2.34. The molecule has 0 radical (unpaired) electrons. The molecule has 2 aliphatic rings. The first-order chi connectivity index (χ1) is 18.5. The van der Waals surface area contributed by atoms with Crippen LogP contribution in [0.25, 0.3) is 11.0 Å². The third kappa shape index (κ3) is 6.51. The van der Waals surface area contributed by atoms with Crippen molar-refractivity contribution in [3.63, 3.8) is 0 Å². The fraction of sp³-hybridized carbons (Fsp3) is 0.714. The van der Waals surface area contributed by atoms with Gasteiger partial charge in [0, 0.05) is 13.2 Å². The van der Waals surface area contributed by atoms with Gasteiger partial charge in [0.1, 0.15) is 30.7 Å². The number of methoxy groups -OCH3 is 1. The highest BCUT2D eigenvalue weighted by Gasteiger charge is 2.52. The molecule has 0 bridgehead atoms. The van der Waals surface area contributed by atoms with Crippen molar-refractivity contribution in [2.45, 2.75) is 61.6 Å². The Hall–Kier alpha value is -1.98. The maximum atomic E-state index is 12.3. The van der Waals surface area contributed by atoms with E-state index in [1.54, 1.807) is 0 Å². The molecule has 0 aromatic carbocycles. The Morgan fingerprint density at radius 3 is 2.62 bits per heavy atom. The van der Waals surface area contributed by atoms with E-state index < -0.39 is 69.9 Å². The van der Waals surface area contributed by atoms with E-state index in [4.69, 9.17) is 35.7 Å². The van der Waals surface area contributed by atoms with Crippen LogP contribution in [0.4, 0.5) is 5.82 Å². The van der Waals surface area contributed by atoms with Gasteiger partial charge in [-0.25, -0.2) is 9.48 Å². The Bertz CT molecular complexity index is 1210. The fourth-order valence-corrected chi connectivity index (χ4v) is 5.63. The average Bonchev–Trinajstić information content (AvgIpc) is 3.58. The van der Waals surface area contributed by atoms with Crippen LogP contribution >= 0.6 is 19.2 Å². The molecule has 4 rings (SSSR count). The van der Waals surface area contributed by atoms with Gasteiger partial charge in [-0.3, -0.25) is 4.57 Å². The number of ether oxygens (including phenoxy) is 4. The highest BCUT2D eigenvalue weighted by molar-refractivity contribution is 7.53. The molecule has 2 aromatic heterocycles. The summed E-state index contributed by atoms with van der Waals surface area (Å²) in [6.45, 7) is -2.96. The fourth-order valence-electron chi connectivity index (χ4n) is 4.67. The number of aliphatic hydroxyl groups is 2.